The molecule has 2 aliphatic rings. The van der Waals surface area contributed by atoms with Gasteiger partial charge in [-0.05, 0) is 32.4 Å². The topological polar surface area (TPSA) is 67.9 Å². The van der Waals surface area contributed by atoms with Crippen molar-refractivity contribution in [3.05, 3.63) is 58.7 Å². The van der Waals surface area contributed by atoms with Gasteiger partial charge in [-0.2, -0.15) is 0 Å². The summed E-state index contributed by atoms with van der Waals surface area (Å²) in [5, 5.41) is 2.80. The lowest BCUT2D eigenvalue weighted by Gasteiger charge is -2.29. The third-order valence-electron chi connectivity index (χ3n) is 5.73. The number of fused-ring (bicyclic) bond motifs is 3. The van der Waals surface area contributed by atoms with Crippen LogP contribution in [0.25, 0.3) is 0 Å². The number of aryl methyl sites for hydroxylation is 1. The molecule has 0 aliphatic carbocycles. The van der Waals surface area contributed by atoms with E-state index in [1.165, 1.54) is 12.7 Å². The lowest BCUT2D eigenvalue weighted by Crippen LogP contribution is -2.52. The third-order valence-corrected chi connectivity index (χ3v) is 7.27. The molecule has 0 unspecified atom stereocenters. The first-order valence-electron chi connectivity index (χ1n) is 9.87. The largest absolute Gasteiger partial charge is 0.493 e. The summed E-state index contributed by atoms with van der Waals surface area (Å²) in [6, 6.07) is 11.2. The Morgan fingerprint density at radius 2 is 1.83 bits per heavy atom. The number of methoxy groups -OCH3 is 2. The van der Waals surface area contributed by atoms with Crippen molar-refractivity contribution < 1.29 is 19.1 Å². The summed E-state index contributed by atoms with van der Waals surface area (Å²) < 4.78 is 10.4. The van der Waals surface area contributed by atoms with Crippen LogP contribution < -0.4 is 14.8 Å². The molecule has 158 valence electrons. The molecule has 2 aromatic carbocycles. The maximum absolute atomic E-state index is 13.4. The van der Waals surface area contributed by atoms with Crippen molar-refractivity contribution in [2.75, 3.05) is 14.2 Å². The molecule has 1 fully saturated rings. The van der Waals surface area contributed by atoms with Crippen LogP contribution in [0.5, 0.6) is 11.5 Å². The van der Waals surface area contributed by atoms with Crippen LogP contribution in [0.15, 0.2) is 36.4 Å². The summed E-state index contributed by atoms with van der Waals surface area (Å²) in [6.07, 6.45) is 0. The minimum absolute atomic E-state index is 0.150. The molecular weight excluding hydrogens is 400 g/mol. The van der Waals surface area contributed by atoms with Gasteiger partial charge in [0.1, 0.15) is 11.4 Å². The third kappa shape index (κ3) is 3.21. The fourth-order valence-corrected chi connectivity index (χ4v) is 5.83. The van der Waals surface area contributed by atoms with Crippen molar-refractivity contribution in [2.45, 2.75) is 43.5 Å². The van der Waals surface area contributed by atoms with Crippen molar-refractivity contribution in [1.82, 2.24) is 10.2 Å². The normalized spacial score (nSPS) is 21.2. The van der Waals surface area contributed by atoms with Gasteiger partial charge in [0.05, 0.1) is 19.8 Å². The van der Waals surface area contributed by atoms with Gasteiger partial charge in [-0.25, -0.2) is 0 Å². The highest BCUT2D eigenvalue weighted by atomic mass is 32.2. The number of hydrogen-bond acceptors (Lipinski definition) is 5. The lowest BCUT2D eigenvalue weighted by molar-refractivity contribution is -0.126. The summed E-state index contributed by atoms with van der Waals surface area (Å²) in [5.74, 6) is 0.587. The predicted octanol–water partition coefficient (Wildman–Crippen LogP) is 3.68. The molecule has 2 amide bonds. The Hall–Kier alpha value is -2.67. The van der Waals surface area contributed by atoms with E-state index >= 15 is 0 Å². The van der Waals surface area contributed by atoms with Gasteiger partial charge in [0.25, 0.3) is 5.91 Å². The summed E-state index contributed by atoms with van der Waals surface area (Å²) in [5.41, 5.74) is 3.55. The molecule has 2 aliphatic heterocycles. The fourth-order valence-electron chi connectivity index (χ4n) is 4.25. The quantitative estimate of drug-likeness (QED) is 0.790. The molecule has 2 aromatic rings. The van der Waals surface area contributed by atoms with Crippen molar-refractivity contribution >= 4 is 23.6 Å². The second-order valence-electron chi connectivity index (χ2n) is 8.16. The van der Waals surface area contributed by atoms with Crippen LogP contribution in [0.3, 0.4) is 0 Å². The first kappa shape index (κ1) is 20.6. The van der Waals surface area contributed by atoms with Crippen molar-refractivity contribution in [2.24, 2.45) is 0 Å². The molecule has 0 aromatic heterocycles. The molecular formula is C23H26N2O4S. The van der Waals surface area contributed by atoms with E-state index in [4.69, 9.17) is 9.47 Å². The van der Waals surface area contributed by atoms with Gasteiger partial charge in [0.2, 0.25) is 5.91 Å². The van der Waals surface area contributed by atoms with E-state index in [9.17, 15) is 9.59 Å². The molecule has 0 saturated carbocycles. The monoisotopic (exact) mass is 426 g/mol. The highest BCUT2D eigenvalue weighted by Gasteiger charge is 2.58. The number of nitrogens with zero attached hydrogens (tertiary/aromatic N) is 1. The molecule has 2 atom stereocenters. The summed E-state index contributed by atoms with van der Waals surface area (Å²) >= 11 is 1.63. The Balaban J connectivity index is 1.63. The van der Waals surface area contributed by atoms with Crippen LogP contribution in [-0.4, -0.2) is 41.7 Å². The van der Waals surface area contributed by atoms with Crippen molar-refractivity contribution in [3.63, 3.8) is 0 Å². The average molecular weight is 427 g/mol. The molecule has 1 N–H and O–H groups in total. The van der Waals surface area contributed by atoms with Gasteiger partial charge >= 0.3 is 0 Å². The minimum Gasteiger partial charge on any atom is -0.493 e. The molecule has 0 spiro atoms. The van der Waals surface area contributed by atoms with Crippen LogP contribution >= 0.6 is 11.8 Å². The fraction of sp³-hybridized carbons (Fsp3) is 0.391. The maximum atomic E-state index is 13.4. The Kier molecular flexibility index (Phi) is 5.18. The Labute approximate surface area is 180 Å². The number of amides is 2. The number of carbonyl (C=O) groups excluding carboxylic acids is 2. The van der Waals surface area contributed by atoms with Crippen LogP contribution in [0.4, 0.5) is 0 Å². The molecule has 4 rings (SSSR count). The van der Waals surface area contributed by atoms with Crippen LogP contribution in [0, 0.1) is 6.92 Å². The number of benzene rings is 2. The standard InChI is InChI=1S/C23H26N2O4S/c1-13-6-8-14(9-7-13)12-24-20(26)19-23(2,3)30-22-15-10-11-16(28-4)18(29-5)17(15)21(27)25(19)22/h6-11,19,22H,12H2,1-5H3,(H,24,26)/t19-,22+/m1/s1. The highest BCUT2D eigenvalue weighted by molar-refractivity contribution is 8.01. The Bertz CT molecular complexity index is 1000. The SMILES string of the molecule is COc1ccc2c(c1OC)C(=O)N1[C@H]2SC(C)(C)[C@H]1C(=O)NCc1ccc(C)cc1. The van der Waals surface area contributed by atoms with Crippen LogP contribution in [-0.2, 0) is 11.3 Å². The smallest absolute Gasteiger partial charge is 0.260 e. The van der Waals surface area contributed by atoms with E-state index in [0.717, 1.165) is 11.1 Å². The first-order chi connectivity index (χ1) is 14.3. The van der Waals surface area contributed by atoms with Gasteiger partial charge in [0, 0.05) is 16.9 Å². The predicted molar refractivity (Wildman–Crippen MR) is 117 cm³/mol. The molecule has 6 nitrogen and oxygen atoms in total. The van der Waals surface area contributed by atoms with Gasteiger partial charge < -0.3 is 19.7 Å². The van der Waals surface area contributed by atoms with Crippen LogP contribution in [0.1, 0.15) is 46.3 Å². The molecule has 7 heteroatoms. The first-order valence-corrected chi connectivity index (χ1v) is 10.7. The zero-order chi connectivity index (χ0) is 21.6. The molecule has 0 bridgehead atoms. The average Bonchev–Trinajstić information content (AvgIpc) is 3.15. The van der Waals surface area contributed by atoms with E-state index < -0.39 is 10.8 Å². The van der Waals surface area contributed by atoms with Gasteiger partial charge in [-0.3, -0.25) is 9.59 Å². The molecule has 1 saturated heterocycles. The van der Waals surface area contributed by atoms with E-state index in [1.54, 1.807) is 23.8 Å². The number of thioether (sulfide) groups is 1. The zero-order valence-electron chi connectivity index (χ0n) is 17.8. The second-order valence-corrected chi connectivity index (χ2v) is 9.89. The second kappa shape index (κ2) is 7.54. The highest BCUT2D eigenvalue weighted by Crippen LogP contribution is 2.58. The molecule has 2 heterocycles. The van der Waals surface area contributed by atoms with E-state index in [0.29, 0.717) is 23.6 Å². The number of hydrogen-bond donors (Lipinski definition) is 1. The molecule has 30 heavy (non-hydrogen) atoms. The number of carbonyl (C=O) groups is 2. The van der Waals surface area contributed by atoms with Crippen molar-refractivity contribution in [3.8, 4) is 11.5 Å². The summed E-state index contributed by atoms with van der Waals surface area (Å²) in [7, 11) is 3.07. The summed E-state index contributed by atoms with van der Waals surface area (Å²) in [6.45, 7) is 6.48. The van der Waals surface area contributed by atoms with E-state index in [1.807, 2.05) is 57.2 Å². The Morgan fingerprint density at radius 3 is 2.47 bits per heavy atom. The van der Waals surface area contributed by atoms with Gasteiger partial charge in [0.15, 0.2) is 11.5 Å². The zero-order valence-corrected chi connectivity index (χ0v) is 18.6. The Morgan fingerprint density at radius 1 is 1.13 bits per heavy atom. The van der Waals surface area contributed by atoms with E-state index in [-0.39, 0.29) is 17.2 Å². The molecule has 0 radical (unpaired) electrons. The number of nitrogens with one attached hydrogen (secondary N) is 1. The van der Waals surface area contributed by atoms with E-state index in [2.05, 4.69) is 5.32 Å². The number of ether oxygens (including phenoxy) is 2. The minimum atomic E-state index is -0.589. The van der Waals surface area contributed by atoms with Crippen molar-refractivity contribution in [1.29, 1.82) is 0 Å². The lowest BCUT2D eigenvalue weighted by atomic mass is 10.0. The summed E-state index contributed by atoms with van der Waals surface area (Å²) in [4.78, 5) is 28.4. The number of rotatable bonds is 5. The van der Waals surface area contributed by atoms with Gasteiger partial charge in [-0.1, -0.05) is 35.9 Å². The van der Waals surface area contributed by atoms with Crippen LogP contribution in [0.2, 0.25) is 0 Å². The van der Waals surface area contributed by atoms with Gasteiger partial charge in [-0.15, -0.1) is 11.8 Å². The maximum Gasteiger partial charge on any atom is 0.260 e.